The van der Waals surface area contributed by atoms with Gasteiger partial charge in [-0.25, -0.2) is 0 Å². The van der Waals surface area contributed by atoms with Crippen molar-refractivity contribution >= 4 is 17.1 Å². The van der Waals surface area contributed by atoms with E-state index in [2.05, 4.69) is 0 Å². The molecular weight excluding hydrogens is 271 g/mol. The van der Waals surface area contributed by atoms with Gasteiger partial charge in [0.05, 0.1) is 4.92 Å². The van der Waals surface area contributed by atoms with Crippen LogP contribution in [0.5, 0.6) is 0 Å². The maximum atomic E-state index is 13.9. The van der Waals surface area contributed by atoms with Crippen LogP contribution >= 0.6 is 0 Å². The van der Waals surface area contributed by atoms with Crippen LogP contribution in [0.1, 0.15) is 18.4 Å². The molecule has 0 bridgehead atoms. The van der Waals surface area contributed by atoms with E-state index in [1.807, 2.05) is 29.2 Å². The van der Waals surface area contributed by atoms with E-state index < -0.39 is 16.4 Å². The summed E-state index contributed by atoms with van der Waals surface area (Å²) in [6.07, 6.45) is 2.88. The molecule has 0 radical (unpaired) electrons. The van der Waals surface area contributed by atoms with Crippen LogP contribution in [0.15, 0.2) is 42.5 Å². The molecule has 5 heteroatoms. The van der Waals surface area contributed by atoms with Gasteiger partial charge in [0.25, 0.3) is 0 Å². The number of aryl methyl sites for hydroxylation is 1. The number of halogens is 1. The monoisotopic (exact) mass is 286 g/mol. The summed E-state index contributed by atoms with van der Waals surface area (Å²) in [5, 5.41) is 11.2. The summed E-state index contributed by atoms with van der Waals surface area (Å²) in [6, 6.07) is 12.1. The highest BCUT2D eigenvalue weighted by atomic mass is 19.1. The van der Waals surface area contributed by atoms with E-state index in [9.17, 15) is 14.5 Å². The molecule has 0 saturated heterocycles. The lowest BCUT2D eigenvalue weighted by molar-refractivity contribution is -0.386. The van der Waals surface area contributed by atoms with Gasteiger partial charge in [0, 0.05) is 12.2 Å². The highest BCUT2D eigenvalue weighted by Crippen LogP contribution is 2.38. The van der Waals surface area contributed by atoms with Crippen LogP contribution < -0.4 is 4.90 Å². The van der Waals surface area contributed by atoms with Gasteiger partial charge in [0.2, 0.25) is 5.82 Å². The van der Waals surface area contributed by atoms with Crippen LogP contribution in [0.3, 0.4) is 0 Å². The third-order valence-corrected chi connectivity index (χ3v) is 3.80. The first kappa shape index (κ1) is 13.5. The number of rotatable bonds is 2. The van der Waals surface area contributed by atoms with Crippen LogP contribution in [0.4, 0.5) is 21.5 Å². The van der Waals surface area contributed by atoms with Crippen molar-refractivity contribution in [2.24, 2.45) is 0 Å². The molecule has 0 saturated carbocycles. The number of nitro benzene ring substituents is 1. The van der Waals surface area contributed by atoms with Crippen LogP contribution in [0.2, 0.25) is 0 Å². The normalized spacial score (nSPS) is 14.4. The lowest BCUT2D eigenvalue weighted by atomic mass is 10.1. The largest absolute Gasteiger partial charge is 0.336 e. The van der Waals surface area contributed by atoms with Crippen molar-refractivity contribution < 1.29 is 9.31 Å². The SMILES string of the molecule is O=[N+]([O-])c1c(F)cccc1N1CCCCc2ccccc21. The molecule has 0 amide bonds. The van der Waals surface area contributed by atoms with E-state index >= 15 is 0 Å². The number of para-hydroxylation sites is 2. The molecule has 0 aromatic heterocycles. The summed E-state index contributed by atoms with van der Waals surface area (Å²) in [6.45, 7) is 0.654. The molecule has 0 N–H and O–H groups in total. The summed E-state index contributed by atoms with van der Waals surface area (Å²) in [7, 11) is 0. The average molecular weight is 286 g/mol. The predicted molar refractivity (Wildman–Crippen MR) is 79.4 cm³/mol. The molecule has 21 heavy (non-hydrogen) atoms. The zero-order chi connectivity index (χ0) is 14.8. The van der Waals surface area contributed by atoms with Crippen LogP contribution in [-0.2, 0) is 6.42 Å². The first-order valence-corrected chi connectivity index (χ1v) is 6.97. The second-order valence-electron chi connectivity index (χ2n) is 5.10. The number of hydrogen-bond donors (Lipinski definition) is 0. The molecule has 4 nitrogen and oxygen atoms in total. The van der Waals surface area contributed by atoms with Crippen molar-refractivity contribution in [3.63, 3.8) is 0 Å². The Kier molecular flexibility index (Phi) is 3.56. The molecule has 108 valence electrons. The Morgan fingerprint density at radius 2 is 1.81 bits per heavy atom. The molecule has 1 heterocycles. The van der Waals surface area contributed by atoms with Gasteiger partial charge in [-0.05, 0) is 43.0 Å². The van der Waals surface area contributed by atoms with Gasteiger partial charge < -0.3 is 4.90 Å². The fourth-order valence-electron chi connectivity index (χ4n) is 2.84. The van der Waals surface area contributed by atoms with Crippen molar-refractivity contribution in [1.29, 1.82) is 0 Å². The maximum absolute atomic E-state index is 13.9. The minimum Gasteiger partial charge on any atom is -0.336 e. The Morgan fingerprint density at radius 3 is 2.62 bits per heavy atom. The summed E-state index contributed by atoms with van der Waals surface area (Å²) < 4.78 is 13.9. The van der Waals surface area contributed by atoms with Crippen LogP contribution in [-0.4, -0.2) is 11.5 Å². The molecule has 2 aromatic rings. The fourth-order valence-corrected chi connectivity index (χ4v) is 2.84. The molecule has 1 aliphatic rings. The van der Waals surface area contributed by atoms with E-state index in [-0.39, 0.29) is 0 Å². The number of hydrogen-bond acceptors (Lipinski definition) is 3. The zero-order valence-corrected chi connectivity index (χ0v) is 11.5. The van der Waals surface area contributed by atoms with Gasteiger partial charge in [0.1, 0.15) is 5.69 Å². The smallest absolute Gasteiger partial charge is 0.328 e. The standard InChI is InChI=1S/C16H15FN2O2/c17-13-8-5-10-15(16(13)19(20)21)18-11-4-3-7-12-6-1-2-9-14(12)18/h1-2,5-6,8-10H,3-4,7,11H2. The van der Waals surface area contributed by atoms with Crippen molar-refractivity contribution in [1.82, 2.24) is 0 Å². The number of fused-ring (bicyclic) bond motifs is 1. The topological polar surface area (TPSA) is 46.4 Å². The Balaban J connectivity index is 2.17. The minimum absolute atomic E-state index is 0.328. The molecule has 2 aromatic carbocycles. The summed E-state index contributed by atoms with van der Waals surface area (Å²) in [4.78, 5) is 12.4. The van der Waals surface area contributed by atoms with Gasteiger partial charge in [-0.15, -0.1) is 0 Å². The van der Waals surface area contributed by atoms with Gasteiger partial charge in [-0.2, -0.15) is 4.39 Å². The third-order valence-electron chi connectivity index (χ3n) is 3.80. The second kappa shape index (κ2) is 5.52. The molecular formula is C16H15FN2O2. The van der Waals surface area contributed by atoms with E-state index in [1.165, 1.54) is 6.07 Å². The Labute approximate surface area is 122 Å². The van der Waals surface area contributed by atoms with E-state index in [1.54, 1.807) is 6.07 Å². The highest BCUT2D eigenvalue weighted by Gasteiger charge is 2.26. The molecule has 0 aliphatic carbocycles. The highest BCUT2D eigenvalue weighted by molar-refractivity contribution is 5.74. The van der Waals surface area contributed by atoms with E-state index in [0.717, 1.165) is 36.6 Å². The molecule has 3 rings (SSSR count). The first-order valence-electron chi connectivity index (χ1n) is 6.97. The summed E-state index contributed by atoms with van der Waals surface area (Å²) >= 11 is 0. The molecule has 0 unspecified atom stereocenters. The zero-order valence-electron chi connectivity index (χ0n) is 11.5. The van der Waals surface area contributed by atoms with E-state index in [4.69, 9.17) is 0 Å². The van der Waals surface area contributed by atoms with Crippen molar-refractivity contribution in [3.05, 3.63) is 64.0 Å². The maximum Gasteiger partial charge on any atom is 0.328 e. The Bertz CT molecular complexity index is 688. The molecule has 0 spiro atoms. The first-order chi connectivity index (χ1) is 10.2. The van der Waals surface area contributed by atoms with Gasteiger partial charge >= 0.3 is 5.69 Å². The van der Waals surface area contributed by atoms with Crippen LogP contribution in [0, 0.1) is 15.9 Å². The lowest BCUT2D eigenvalue weighted by Crippen LogP contribution is -2.19. The third kappa shape index (κ3) is 2.46. The second-order valence-corrected chi connectivity index (χ2v) is 5.10. The number of nitro groups is 1. The van der Waals surface area contributed by atoms with Crippen molar-refractivity contribution in [2.75, 3.05) is 11.4 Å². The molecule has 1 aliphatic heterocycles. The fraction of sp³-hybridized carbons (Fsp3) is 0.250. The van der Waals surface area contributed by atoms with Crippen LogP contribution in [0.25, 0.3) is 0 Å². The number of nitrogens with zero attached hydrogens (tertiary/aromatic N) is 2. The molecule has 0 atom stereocenters. The summed E-state index contributed by atoms with van der Waals surface area (Å²) in [5.74, 6) is -0.792. The Hall–Kier alpha value is -2.43. The van der Waals surface area contributed by atoms with Gasteiger partial charge in [0.15, 0.2) is 0 Å². The van der Waals surface area contributed by atoms with E-state index in [0.29, 0.717) is 12.2 Å². The van der Waals surface area contributed by atoms with Crippen molar-refractivity contribution in [3.8, 4) is 0 Å². The lowest BCUT2D eigenvalue weighted by Gasteiger charge is -2.24. The van der Waals surface area contributed by atoms with Gasteiger partial charge in [-0.3, -0.25) is 10.1 Å². The summed E-state index contributed by atoms with van der Waals surface area (Å²) in [5.41, 5.74) is 1.96. The number of benzene rings is 2. The van der Waals surface area contributed by atoms with Crippen molar-refractivity contribution in [2.45, 2.75) is 19.3 Å². The van der Waals surface area contributed by atoms with Gasteiger partial charge in [-0.1, -0.05) is 24.3 Å². The molecule has 0 fully saturated rings. The predicted octanol–water partition coefficient (Wildman–Crippen LogP) is 4.21. The minimum atomic E-state index is -0.792. The number of anilines is 2. The Morgan fingerprint density at radius 1 is 1.05 bits per heavy atom. The average Bonchev–Trinajstić information content (AvgIpc) is 2.68. The quantitative estimate of drug-likeness (QED) is 0.613.